The molecule has 1 N–H and O–H groups in total. The lowest BCUT2D eigenvalue weighted by Gasteiger charge is -2.07. The van der Waals surface area contributed by atoms with Crippen LogP contribution in [-0.4, -0.2) is 26.5 Å². The fourth-order valence-corrected chi connectivity index (χ4v) is 2.78. The second-order valence-corrected chi connectivity index (χ2v) is 5.85. The molecule has 0 bridgehead atoms. The number of carbonyl (C=O) groups excluding carboxylic acids is 1. The third-order valence-corrected chi connectivity index (χ3v) is 4.18. The summed E-state index contributed by atoms with van der Waals surface area (Å²) in [6, 6.07) is 9.95. The van der Waals surface area contributed by atoms with Crippen molar-refractivity contribution in [1.29, 1.82) is 0 Å². The second-order valence-electron chi connectivity index (χ2n) is 5.85. The molecule has 5 nitrogen and oxygen atoms in total. The van der Waals surface area contributed by atoms with Gasteiger partial charge in [0, 0.05) is 36.1 Å². The molecule has 0 aliphatic heterocycles. The Bertz CT molecular complexity index is 861. The van der Waals surface area contributed by atoms with E-state index < -0.39 is 0 Å². The lowest BCUT2D eigenvalue weighted by atomic mass is 10.1. The topological polar surface area (TPSA) is 59.8 Å². The molecule has 1 aliphatic carbocycles. The summed E-state index contributed by atoms with van der Waals surface area (Å²) in [5.74, 6) is 0.521. The van der Waals surface area contributed by atoms with Crippen LogP contribution in [0.25, 0.3) is 5.82 Å². The van der Waals surface area contributed by atoms with E-state index in [0.717, 1.165) is 12.0 Å². The van der Waals surface area contributed by atoms with E-state index in [-0.39, 0.29) is 23.7 Å². The number of carbonyl (C=O) groups is 1. The Kier molecular flexibility index (Phi) is 3.57. The van der Waals surface area contributed by atoms with Crippen LogP contribution in [0.15, 0.2) is 61.3 Å². The van der Waals surface area contributed by atoms with Crippen molar-refractivity contribution in [1.82, 2.24) is 19.9 Å². The number of amides is 1. The van der Waals surface area contributed by atoms with Crippen LogP contribution in [0.5, 0.6) is 0 Å². The highest BCUT2D eigenvalue weighted by atomic mass is 19.1. The van der Waals surface area contributed by atoms with E-state index in [1.54, 1.807) is 53.8 Å². The average molecular weight is 322 g/mol. The standard InChI is InChI=1S/C18H15FN4O/c19-14-3-1-12(2-4-14)15-10-16(15)22-18(24)13-5-6-21-17(9-13)23-8-7-20-11-23/h1-9,11,15-16H,10H2,(H,22,24)/t15-,16+/m0/s1. The SMILES string of the molecule is O=C(N[C@@H]1C[C@H]1c1ccc(F)cc1)c1ccnc(-n2ccnc2)c1. The minimum atomic E-state index is -0.246. The zero-order valence-electron chi connectivity index (χ0n) is 12.8. The molecule has 1 aliphatic rings. The zero-order chi connectivity index (χ0) is 16.5. The molecule has 0 radical (unpaired) electrons. The molecular weight excluding hydrogens is 307 g/mol. The maximum atomic E-state index is 13.0. The van der Waals surface area contributed by atoms with Crippen molar-refractivity contribution in [3.63, 3.8) is 0 Å². The third kappa shape index (κ3) is 2.90. The molecule has 2 aromatic heterocycles. The van der Waals surface area contributed by atoms with Crippen molar-refractivity contribution in [2.45, 2.75) is 18.4 Å². The molecule has 1 fully saturated rings. The number of imidazole rings is 1. The summed E-state index contributed by atoms with van der Waals surface area (Å²) in [6.07, 6.45) is 7.54. The van der Waals surface area contributed by atoms with Gasteiger partial charge < -0.3 is 5.32 Å². The van der Waals surface area contributed by atoms with Gasteiger partial charge in [0.15, 0.2) is 0 Å². The van der Waals surface area contributed by atoms with Crippen LogP contribution < -0.4 is 5.32 Å². The van der Waals surface area contributed by atoms with Crippen LogP contribution in [0.1, 0.15) is 28.3 Å². The number of pyridine rings is 1. The van der Waals surface area contributed by atoms with Gasteiger partial charge in [-0.15, -0.1) is 0 Å². The lowest BCUT2D eigenvalue weighted by Crippen LogP contribution is -2.26. The van der Waals surface area contributed by atoms with E-state index in [0.29, 0.717) is 11.4 Å². The first-order chi connectivity index (χ1) is 11.7. The first kappa shape index (κ1) is 14.6. The summed E-state index contributed by atoms with van der Waals surface area (Å²) in [7, 11) is 0. The highest BCUT2D eigenvalue weighted by Gasteiger charge is 2.39. The van der Waals surface area contributed by atoms with Gasteiger partial charge in [-0.25, -0.2) is 14.4 Å². The molecule has 0 unspecified atom stereocenters. The van der Waals surface area contributed by atoms with E-state index in [1.165, 1.54) is 12.1 Å². The predicted molar refractivity (Wildman–Crippen MR) is 86.4 cm³/mol. The molecule has 3 aromatic rings. The van der Waals surface area contributed by atoms with Crippen LogP contribution in [0.2, 0.25) is 0 Å². The van der Waals surface area contributed by atoms with E-state index in [4.69, 9.17) is 0 Å². The molecule has 24 heavy (non-hydrogen) atoms. The molecule has 1 saturated carbocycles. The van der Waals surface area contributed by atoms with Gasteiger partial charge in [0.25, 0.3) is 5.91 Å². The number of nitrogens with zero attached hydrogens (tertiary/aromatic N) is 3. The monoisotopic (exact) mass is 322 g/mol. The smallest absolute Gasteiger partial charge is 0.251 e. The average Bonchev–Trinajstić information content (AvgIpc) is 3.14. The summed E-state index contributed by atoms with van der Waals surface area (Å²) >= 11 is 0. The molecular formula is C18H15FN4O. The number of aromatic nitrogens is 3. The van der Waals surface area contributed by atoms with Crippen molar-refractivity contribution in [2.75, 3.05) is 0 Å². The zero-order valence-corrected chi connectivity index (χ0v) is 12.8. The number of halogens is 1. The Balaban J connectivity index is 1.44. The van der Waals surface area contributed by atoms with Crippen LogP contribution in [0.4, 0.5) is 4.39 Å². The van der Waals surface area contributed by atoms with Crippen LogP contribution in [0.3, 0.4) is 0 Å². The molecule has 0 saturated heterocycles. The first-order valence-electron chi connectivity index (χ1n) is 7.71. The minimum Gasteiger partial charge on any atom is -0.349 e. The minimum absolute atomic E-state index is 0.0906. The van der Waals surface area contributed by atoms with Crippen LogP contribution in [0, 0.1) is 5.82 Å². The Morgan fingerprint density at radius 1 is 1.21 bits per heavy atom. The van der Waals surface area contributed by atoms with Gasteiger partial charge in [-0.05, 0) is 36.2 Å². The number of nitrogens with one attached hydrogen (secondary N) is 1. The Labute approximate surface area is 138 Å². The second kappa shape index (κ2) is 5.88. The molecule has 2 atom stereocenters. The van der Waals surface area contributed by atoms with Gasteiger partial charge in [0.1, 0.15) is 18.0 Å². The van der Waals surface area contributed by atoms with E-state index in [9.17, 15) is 9.18 Å². The maximum absolute atomic E-state index is 13.0. The van der Waals surface area contributed by atoms with Crippen LogP contribution >= 0.6 is 0 Å². The molecule has 2 heterocycles. The number of hydrogen-bond donors (Lipinski definition) is 1. The largest absolute Gasteiger partial charge is 0.349 e. The Morgan fingerprint density at radius 3 is 2.79 bits per heavy atom. The molecule has 0 spiro atoms. The Morgan fingerprint density at radius 2 is 2.04 bits per heavy atom. The highest BCUT2D eigenvalue weighted by Crippen LogP contribution is 2.40. The van der Waals surface area contributed by atoms with Crippen molar-refractivity contribution in [3.8, 4) is 5.82 Å². The highest BCUT2D eigenvalue weighted by molar-refractivity contribution is 5.95. The van der Waals surface area contributed by atoms with Gasteiger partial charge in [-0.1, -0.05) is 12.1 Å². The van der Waals surface area contributed by atoms with Gasteiger partial charge in [-0.3, -0.25) is 9.36 Å². The molecule has 120 valence electrons. The number of rotatable bonds is 4. The normalized spacial score (nSPS) is 19.0. The number of benzene rings is 1. The number of hydrogen-bond acceptors (Lipinski definition) is 3. The van der Waals surface area contributed by atoms with Crippen LogP contribution in [-0.2, 0) is 0 Å². The first-order valence-corrected chi connectivity index (χ1v) is 7.71. The van der Waals surface area contributed by atoms with Crippen molar-refractivity contribution < 1.29 is 9.18 Å². The van der Waals surface area contributed by atoms with E-state index >= 15 is 0 Å². The quantitative estimate of drug-likeness (QED) is 0.803. The fourth-order valence-electron chi connectivity index (χ4n) is 2.78. The molecule has 1 amide bonds. The molecule has 6 heteroatoms. The summed E-state index contributed by atoms with van der Waals surface area (Å²) in [5, 5.41) is 3.02. The van der Waals surface area contributed by atoms with Gasteiger partial charge in [-0.2, -0.15) is 0 Å². The van der Waals surface area contributed by atoms with Gasteiger partial charge in [0.05, 0.1) is 0 Å². The van der Waals surface area contributed by atoms with Gasteiger partial charge >= 0.3 is 0 Å². The summed E-state index contributed by atoms with van der Waals surface area (Å²) in [5.41, 5.74) is 1.61. The maximum Gasteiger partial charge on any atom is 0.251 e. The van der Waals surface area contributed by atoms with Crippen molar-refractivity contribution in [2.24, 2.45) is 0 Å². The fraction of sp³-hybridized carbons (Fsp3) is 0.167. The van der Waals surface area contributed by atoms with E-state index in [1.807, 2.05) is 0 Å². The summed E-state index contributed by atoms with van der Waals surface area (Å²) in [6.45, 7) is 0. The molecule has 1 aromatic carbocycles. The third-order valence-electron chi connectivity index (χ3n) is 4.18. The van der Waals surface area contributed by atoms with Gasteiger partial charge in [0.2, 0.25) is 0 Å². The Hall–Kier alpha value is -3.02. The molecule has 4 rings (SSSR count). The summed E-state index contributed by atoms with van der Waals surface area (Å²) in [4.78, 5) is 20.6. The van der Waals surface area contributed by atoms with Crippen molar-refractivity contribution in [3.05, 3.63) is 78.3 Å². The summed E-state index contributed by atoms with van der Waals surface area (Å²) < 4.78 is 14.7. The van der Waals surface area contributed by atoms with E-state index in [2.05, 4.69) is 15.3 Å². The predicted octanol–water partition coefficient (Wildman–Crippen LogP) is 2.69. The van der Waals surface area contributed by atoms with Crippen molar-refractivity contribution >= 4 is 5.91 Å². The lowest BCUT2D eigenvalue weighted by molar-refractivity contribution is 0.0950.